The molecule has 1 heterocycles. The number of carboxylic acids is 1. The first-order chi connectivity index (χ1) is 14.3. The van der Waals surface area contributed by atoms with E-state index < -0.39 is 18.2 Å². The van der Waals surface area contributed by atoms with Gasteiger partial charge in [-0.3, -0.25) is 4.79 Å². The minimum absolute atomic E-state index is 0.0526. The number of aliphatic hydroxyl groups is 2. The highest BCUT2D eigenvalue weighted by atomic mass is 35.5. The van der Waals surface area contributed by atoms with Gasteiger partial charge in [-0.2, -0.15) is 0 Å². The normalized spacial score (nSPS) is 25.5. The van der Waals surface area contributed by atoms with Crippen molar-refractivity contribution < 1.29 is 24.9 Å². The molecule has 0 aromatic carbocycles. The standard InChI is InChI=1S/C23H33ClO5S/c1-15-20(24)13-17(30-15)11-9-16(29-2)10-12-19-18(21(25)14-22(19)26)7-5-3-4-6-8-23(27)28/h3,5,10,12-13,16,18-19,21-22,25-26H,4,6-9,11,14H2,1-2H3,(H,27,28)/t16?,18-,19-,21?,22?/m1/s1. The van der Waals surface area contributed by atoms with Gasteiger partial charge in [-0.15, -0.1) is 11.3 Å². The predicted molar refractivity (Wildman–Crippen MR) is 121 cm³/mol. The molecular weight excluding hydrogens is 424 g/mol. The van der Waals surface area contributed by atoms with Crippen LogP contribution in [0, 0.1) is 18.8 Å². The van der Waals surface area contributed by atoms with E-state index in [1.807, 2.05) is 37.3 Å². The monoisotopic (exact) mass is 456 g/mol. The summed E-state index contributed by atoms with van der Waals surface area (Å²) in [5.41, 5.74) is 0. The van der Waals surface area contributed by atoms with Gasteiger partial charge < -0.3 is 20.1 Å². The molecular formula is C23H33ClO5S. The minimum Gasteiger partial charge on any atom is -0.481 e. The fraction of sp³-hybridized carbons (Fsp3) is 0.609. The van der Waals surface area contributed by atoms with E-state index in [4.69, 9.17) is 21.4 Å². The second-order valence-electron chi connectivity index (χ2n) is 7.92. The summed E-state index contributed by atoms with van der Waals surface area (Å²) in [5.74, 6) is -0.962. The van der Waals surface area contributed by atoms with E-state index >= 15 is 0 Å². The summed E-state index contributed by atoms with van der Waals surface area (Å²) in [6.07, 6.45) is 11.0. The summed E-state index contributed by atoms with van der Waals surface area (Å²) in [6.45, 7) is 2.01. The Bertz CT molecular complexity index is 710. The predicted octanol–water partition coefficient (Wildman–Crippen LogP) is 4.77. The molecule has 3 unspecified atom stereocenters. The van der Waals surface area contributed by atoms with Crippen molar-refractivity contribution in [1.29, 1.82) is 0 Å². The number of unbranched alkanes of at least 4 members (excludes halogenated alkanes) is 1. The number of carbonyl (C=O) groups is 1. The van der Waals surface area contributed by atoms with Gasteiger partial charge >= 0.3 is 5.97 Å². The topological polar surface area (TPSA) is 87.0 Å². The number of aliphatic carboxylic acids is 1. The molecule has 1 saturated carbocycles. The van der Waals surface area contributed by atoms with Crippen molar-refractivity contribution in [3.8, 4) is 0 Å². The largest absolute Gasteiger partial charge is 0.481 e. The fourth-order valence-electron chi connectivity index (χ4n) is 3.92. The maximum atomic E-state index is 10.5. The molecule has 1 aromatic rings. The van der Waals surface area contributed by atoms with Crippen LogP contribution in [0.5, 0.6) is 0 Å². The zero-order valence-corrected chi connectivity index (χ0v) is 19.2. The van der Waals surface area contributed by atoms with Crippen LogP contribution >= 0.6 is 22.9 Å². The molecule has 0 amide bonds. The lowest BCUT2D eigenvalue weighted by Crippen LogP contribution is -2.20. The van der Waals surface area contributed by atoms with Crippen molar-refractivity contribution in [2.75, 3.05) is 7.11 Å². The molecule has 1 aliphatic rings. The Morgan fingerprint density at radius 2 is 2.13 bits per heavy atom. The Morgan fingerprint density at radius 1 is 1.37 bits per heavy atom. The Balaban J connectivity index is 1.88. The maximum Gasteiger partial charge on any atom is 0.303 e. The highest BCUT2D eigenvalue weighted by Crippen LogP contribution is 2.36. The number of aryl methyl sites for hydroxylation is 2. The first-order valence-electron chi connectivity index (χ1n) is 10.5. The van der Waals surface area contributed by atoms with Crippen LogP contribution in [0.2, 0.25) is 5.02 Å². The smallest absolute Gasteiger partial charge is 0.303 e. The van der Waals surface area contributed by atoms with Crippen LogP contribution in [0.1, 0.15) is 48.3 Å². The second kappa shape index (κ2) is 12.6. The van der Waals surface area contributed by atoms with E-state index in [1.54, 1.807) is 18.4 Å². The lowest BCUT2D eigenvalue weighted by atomic mass is 9.89. The Morgan fingerprint density at radius 3 is 2.77 bits per heavy atom. The van der Waals surface area contributed by atoms with E-state index in [0.29, 0.717) is 25.7 Å². The Labute approximate surface area is 188 Å². The zero-order valence-electron chi connectivity index (χ0n) is 17.7. The number of hydrogen-bond acceptors (Lipinski definition) is 5. The maximum absolute atomic E-state index is 10.5. The molecule has 0 spiro atoms. The summed E-state index contributed by atoms with van der Waals surface area (Å²) in [5, 5.41) is 30.2. The molecule has 0 radical (unpaired) electrons. The van der Waals surface area contributed by atoms with Crippen LogP contribution in [0.25, 0.3) is 0 Å². The van der Waals surface area contributed by atoms with Crippen LogP contribution < -0.4 is 0 Å². The van der Waals surface area contributed by atoms with Crippen molar-refractivity contribution in [2.24, 2.45) is 11.8 Å². The van der Waals surface area contributed by atoms with Crippen molar-refractivity contribution in [3.05, 3.63) is 45.1 Å². The van der Waals surface area contributed by atoms with E-state index in [-0.39, 0.29) is 24.4 Å². The molecule has 1 aromatic heterocycles. The molecule has 30 heavy (non-hydrogen) atoms. The average Bonchev–Trinajstić information content (AvgIpc) is 3.15. The van der Waals surface area contributed by atoms with Crippen LogP contribution in [0.3, 0.4) is 0 Å². The third-order valence-electron chi connectivity index (χ3n) is 5.69. The van der Waals surface area contributed by atoms with Crippen LogP contribution in [-0.2, 0) is 16.0 Å². The summed E-state index contributed by atoms with van der Waals surface area (Å²) in [4.78, 5) is 12.9. The van der Waals surface area contributed by atoms with Gasteiger partial charge in [0, 0.05) is 35.6 Å². The second-order valence-corrected chi connectivity index (χ2v) is 9.67. The molecule has 1 aliphatic carbocycles. The van der Waals surface area contributed by atoms with Crippen molar-refractivity contribution in [2.45, 2.75) is 70.2 Å². The third kappa shape index (κ3) is 7.82. The lowest BCUT2D eigenvalue weighted by Gasteiger charge is -2.20. The van der Waals surface area contributed by atoms with Crippen LogP contribution in [0.4, 0.5) is 0 Å². The summed E-state index contributed by atoms with van der Waals surface area (Å²) < 4.78 is 5.59. The van der Waals surface area contributed by atoms with Crippen LogP contribution in [-0.4, -0.2) is 46.7 Å². The average molecular weight is 457 g/mol. The molecule has 0 aliphatic heterocycles. The summed E-state index contributed by atoms with van der Waals surface area (Å²) in [7, 11) is 1.68. The van der Waals surface area contributed by atoms with Gasteiger partial charge in [-0.1, -0.05) is 35.9 Å². The van der Waals surface area contributed by atoms with Gasteiger partial charge in [-0.25, -0.2) is 0 Å². The van der Waals surface area contributed by atoms with E-state index in [1.165, 1.54) is 4.88 Å². The zero-order chi connectivity index (χ0) is 22.1. The number of methoxy groups -OCH3 is 1. The molecule has 2 rings (SSSR count). The van der Waals surface area contributed by atoms with Gasteiger partial charge in [0.1, 0.15) is 0 Å². The van der Waals surface area contributed by atoms with Crippen molar-refractivity contribution >= 4 is 28.9 Å². The molecule has 0 bridgehead atoms. The van der Waals surface area contributed by atoms with Crippen molar-refractivity contribution in [1.82, 2.24) is 0 Å². The number of allylic oxidation sites excluding steroid dienone is 2. The molecule has 5 atom stereocenters. The van der Waals surface area contributed by atoms with E-state index in [2.05, 4.69) is 0 Å². The minimum atomic E-state index is -0.784. The number of ether oxygens (including phenoxy) is 1. The van der Waals surface area contributed by atoms with Crippen LogP contribution in [0.15, 0.2) is 30.4 Å². The Hall–Kier alpha value is -1.18. The SMILES string of the molecule is COC(C=C[C@H]1C(O)CC(O)[C@@H]1CC=CCCCC(=O)O)CCc1cc(Cl)c(C)s1. The molecule has 168 valence electrons. The molecule has 3 N–H and O–H groups in total. The molecule has 7 heteroatoms. The first-order valence-corrected chi connectivity index (χ1v) is 11.7. The molecule has 1 fully saturated rings. The number of aliphatic hydroxyl groups excluding tert-OH is 2. The Kier molecular flexibility index (Phi) is 10.6. The first kappa shape index (κ1) is 25.1. The van der Waals surface area contributed by atoms with Gasteiger partial charge in [0.2, 0.25) is 0 Å². The van der Waals surface area contributed by atoms with Crippen molar-refractivity contribution in [3.63, 3.8) is 0 Å². The van der Waals surface area contributed by atoms with E-state index in [9.17, 15) is 15.0 Å². The van der Waals surface area contributed by atoms with Gasteiger partial charge in [0.15, 0.2) is 0 Å². The third-order valence-corrected chi connectivity index (χ3v) is 7.30. The van der Waals surface area contributed by atoms with Gasteiger partial charge in [0.25, 0.3) is 0 Å². The highest BCUT2D eigenvalue weighted by molar-refractivity contribution is 7.12. The summed E-state index contributed by atoms with van der Waals surface area (Å²) >= 11 is 7.84. The number of hydrogen-bond donors (Lipinski definition) is 3. The number of halogens is 1. The number of thiophene rings is 1. The quantitative estimate of drug-likeness (QED) is 0.311. The van der Waals surface area contributed by atoms with Gasteiger partial charge in [0.05, 0.1) is 23.3 Å². The van der Waals surface area contributed by atoms with E-state index in [0.717, 1.165) is 22.7 Å². The fourth-order valence-corrected chi connectivity index (χ4v) is 5.18. The number of carboxylic acid groups (broad SMARTS) is 1. The highest BCUT2D eigenvalue weighted by Gasteiger charge is 2.39. The lowest BCUT2D eigenvalue weighted by molar-refractivity contribution is -0.137. The summed E-state index contributed by atoms with van der Waals surface area (Å²) in [6, 6.07) is 2.01. The molecule has 0 saturated heterocycles. The molecule has 5 nitrogen and oxygen atoms in total. The number of rotatable bonds is 12. The van der Waals surface area contributed by atoms with Gasteiger partial charge in [-0.05, 0) is 51.0 Å².